The number of carbonyl (C=O) groups excluding carboxylic acids is 1. The van der Waals surface area contributed by atoms with Crippen LogP contribution in [0.3, 0.4) is 0 Å². The van der Waals surface area contributed by atoms with Crippen LogP contribution in [0.25, 0.3) is 0 Å². The van der Waals surface area contributed by atoms with Crippen molar-refractivity contribution in [1.29, 1.82) is 0 Å². The highest BCUT2D eigenvalue weighted by Gasteiger charge is 2.22. The first-order valence-electron chi connectivity index (χ1n) is 7.30. The summed E-state index contributed by atoms with van der Waals surface area (Å²) in [6.07, 6.45) is 3.75. The fraction of sp³-hybridized carbons (Fsp3) is 0.600. The standard InChI is InChI=1S/C15H20O6S/c1-10-2-4-11(5-3-10)21-14(16)9-22(19)8-12-6-7-13(20-12)15(17)18/h6-7,10-11H,2-5,8-9H2,1H3,(H,17,18). The number of rotatable bonds is 6. The molecular weight excluding hydrogens is 308 g/mol. The SMILES string of the molecule is CC1CCC(OC(=O)CS(=O)Cc2ccc(C(=O)O)o2)CC1. The molecular formula is C15H20O6S. The van der Waals surface area contributed by atoms with E-state index in [4.69, 9.17) is 14.3 Å². The Labute approximate surface area is 131 Å². The molecule has 0 amide bonds. The molecule has 22 heavy (non-hydrogen) atoms. The molecule has 1 atom stereocenters. The second-order valence-electron chi connectivity index (χ2n) is 5.67. The van der Waals surface area contributed by atoms with E-state index >= 15 is 0 Å². The topological polar surface area (TPSA) is 93.8 Å². The molecule has 1 heterocycles. The number of carboxylic acid groups (broad SMARTS) is 1. The van der Waals surface area contributed by atoms with E-state index in [2.05, 4.69) is 6.92 Å². The predicted octanol–water partition coefficient (Wildman–Crippen LogP) is 2.35. The van der Waals surface area contributed by atoms with Crippen molar-refractivity contribution in [3.8, 4) is 0 Å². The molecule has 1 aliphatic carbocycles. The minimum atomic E-state index is -1.47. The molecule has 1 fully saturated rings. The lowest BCUT2D eigenvalue weighted by Crippen LogP contribution is -2.26. The third-order valence-corrected chi connectivity index (χ3v) is 4.88. The van der Waals surface area contributed by atoms with Gasteiger partial charge in [-0.3, -0.25) is 9.00 Å². The molecule has 0 aliphatic heterocycles. The number of ether oxygens (including phenoxy) is 1. The average Bonchev–Trinajstić information content (AvgIpc) is 2.89. The molecule has 2 rings (SSSR count). The van der Waals surface area contributed by atoms with Crippen LogP contribution in [0.4, 0.5) is 0 Å². The zero-order valence-electron chi connectivity index (χ0n) is 12.4. The van der Waals surface area contributed by atoms with Gasteiger partial charge in [-0.25, -0.2) is 4.79 Å². The van der Waals surface area contributed by atoms with Crippen LogP contribution in [0.15, 0.2) is 16.5 Å². The Morgan fingerprint density at radius 1 is 1.32 bits per heavy atom. The lowest BCUT2D eigenvalue weighted by atomic mass is 9.89. The minimum absolute atomic E-state index is 0.00405. The zero-order chi connectivity index (χ0) is 16.1. The summed E-state index contributed by atoms with van der Waals surface area (Å²) in [4.78, 5) is 22.4. The third-order valence-electron chi connectivity index (χ3n) is 3.72. The first-order valence-corrected chi connectivity index (χ1v) is 8.79. The number of furan rings is 1. The van der Waals surface area contributed by atoms with Crippen LogP contribution in [-0.2, 0) is 26.1 Å². The van der Waals surface area contributed by atoms with Crippen molar-refractivity contribution in [3.63, 3.8) is 0 Å². The molecule has 0 saturated heterocycles. The van der Waals surface area contributed by atoms with Gasteiger partial charge in [-0.1, -0.05) is 6.92 Å². The van der Waals surface area contributed by atoms with E-state index < -0.39 is 22.7 Å². The Morgan fingerprint density at radius 2 is 2.00 bits per heavy atom. The number of carboxylic acids is 1. The normalized spacial score (nSPS) is 23.0. The molecule has 0 aromatic carbocycles. The van der Waals surface area contributed by atoms with Gasteiger partial charge in [-0.15, -0.1) is 0 Å². The van der Waals surface area contributed by atoms with Crippen molar-refractivity contribution in [3.05, 3.63) is 23.7 Å². The monoisotopic (exact) mass is 328 g/mol. The van der Waals surface area contributed by atoms with Crippen LogP contribution >= 0.6 is 0 Å². The van der Waals surface area contributed by atoms with Gasteiger partial charge in [0.15, 0.2) is 0 Å². The van der Waals surface area contributed by atoms with E-state index in [1.54, 1.807) is 0 Å². The van der Waals surface area contributed by atoms with Crippen LogP contribution in [0.5, 0.6) is 0 Å². The Bertz CT molecular complexity index is 556. The van der Waals surface area contributed by atoms with Crippen LogP contribution in [0.2, 0.25) is 0 Å². The number of esters is 1. The Balaban J connectivity index is 1.76. The molecule has 0 radical (unpaired) electrons. The molecule has 1 N–H and O–H groups in total. The predicted molar refractivity (Wildman–Crippen MR) is 79.9 cm³/mol. The van der Waals surface area contributed by atoms with Crippen molar-refractivity contribution in [1.82, 2.24) is 0 Å². The van der Waals surface area contributed by atoms with E-state index in [9.17, 15) is 13.8 Å². The van der Waals surface area contributed by atoms with Gasteiger partial charge in [-0.05, 0) is 43.7 Å². The molecule has 7 heteroatoms. The lowest BCUT2D eigenvalue weighted by molar-refractivity contribution is -0.147. The highest BCUT2D eigenvalue weighted by atomic mass is 32.2. The minimum Gasteiger partial charge on any atom is -0.475 e. The summed E-state index contributed by atoms with van der Waals surface area (Å²) in [6.45, 7) is 2.18. The van der Waals surface area contributed by atoms with Crippen molar-refractivity contribution in [2.45, 2.75) is 44.5 Å². The third kappa shape index (κ3) is 4.98. The largest absolute Gasteiger partial charge is 0.475 e. The summed E-state index contributed by atoms with van der Waals surface area (Å²) in [5.74, 6) is -1.09. The molecule has 0 spiro atoms. The summed E-state index contributed by atoms with van der Waals surface area (Å²) in [5, 5.41) is 8.73. The van der Waals surface area contributed by atoms with E-state index in [-0.39, 0.29) is 29.1 Å². The van der Waals surface area contributed by atoms with Crippen LogP contribution in [-0.4, -0.2) is 33.1 Å². The van der Waals surface area contributed by atoms with E-state index in [1.807, 2.05) is 0 Å². The van der Waals surface area contributed by atoms with Crippen molar-refractivity contribution in [2.75, 3.05) is 5.75 Å². The lowest BCUT2D eigenvalue weighted by Gasteiger charge is -2.25. The summed E-state index contributed by atoms with van der Waals surface area (Å²) < 4.78 is 22.2. The Morgan fingerprint density at radius 3 is 2.59 bits per heavy atom. The summed E-state index contributed by atoms with van der Waals surface area (Å²) >= 11 is 0. The van der Waals surface area contributed by atoms with Gasteiger partial charge in [-0.2, -0.15) is 0 Å². The molecule has 122 valence electrons. The van der Waals surface area contributed by atoms with E-state index in [1.165, 1.54) is 12.1 Å². The van der Waals surface area contributed by atoms with Gasteiger partial charge < -0.3 is 14.3 Å². The maximum absolute atomic E-state index is 11.9. The molecule has 0 bridgehead atoms. The summed E-state index contributed by atoms with van der Waals surface area (Å²) in [6, 6.07) is 2.76. The highest BCUT2D eigenvalue weighted by Crippen LogP contribution is 2.25. The van der Waals surface area contributed by atoms with Gasteiger partial charge in [0.1, 0.15) is 17.6 Å². The van der Waals surface area contributed by atoms with Crippen LogP contribution in [0, 0.1) is 5.92 Å². The molecule has 6 nitrogen and oxygen atoms in total. The fourth-order valence-electron chi connectivity index (χ4n) is 2.48. The smallest absolute Gasteiger partial charge is 0.371 e. The highest BCUT2D eigenvalue weighted by molar-refractivity contribution is 7.84. The maximum Gasteiger partial charge on any atom is 0.371 e. The average molecular weight is 328 g/mol. The summed E-state index contributed by atoms with van der Waals surface area (Å²) in [5.41, 5.74) is 0. The van der Waals surface area contributed by atoms with Crippen LogP contribution < -0.4 is 0 Å². The Kier molecular flexibility index (Phi) is 5.76. The van der Waals surface area contributed by atoms with E-state index in [0.717, 1.165) is 25.7 Å². The second kappa shape index (κ2) is 7.58. The van der Waals surface area contributed by atoms with Gasteiger partial charge in [0.05, 0.1) is 5.75 Å². The molecule has 1 aromatic rings. The van der Waals surface area contributed by atoms with Gasteiger partial charge >= 0.3 is 11.9 Å². The summed E-state index contributed by atoms with van der Waals surface area (Å²) in [7, 11) is -1.47. The molecule has 1 aliphatic rings. The Hall–Kier alpha value is -1.63. The van der Waals surface area contributed by atoms with Crippen molar-refractivity contribution < 1.29 is 28.1 Å². The number of aromatic carboxylic acids is 1. The molecule has 1 aromatic heterocycles. The number of hydrogen-bond donors (Lipinski definition) is 1. The second-order valence-corrected chi connectivity index (χ2v) is 7.13. The fourth-order valence-corrected chi connectivity index (χ4v) is 3.38. The quantitative estimate of drug-likeness (QED) is 0.806. The van der Waals surface area contributed by atoms with Crippen molar-refractivity contribution >= 4 is 22.7 Å². The maximum atomic E-state index is 11.9. The molecule has 1 saturated carbocycles. The van der Waals surface area contributed by atoms with E-state index in [0.29, 0.717) is 5.92 Å². The first-order chi connectivity index (χ1) is 10.4. The van der Waals surface area contributed by atoms with Gasteiger partial charge in [0.25, 0.3) is 0 Å². The van der Waals surface area contributed by atoms with Crippen LogP contribution in [0.1, 0.15) is 48.9 Å². The number of carbonyl (C=O) groups is 2. The number of hydrogen-bond acceptors (Lipinski definition) is 5. The van der Waals surface area contributed by atoms with Crippen molar-refractivity contribution in [2.24, 2.45) is 5.92 Å². The zero-order valence-corrected chi connectivity index (χ0v) is 13.3. The van der Waals surface area contributed by atoms with Gasteiger partial charge in [0.2, 0.25) is 5.76 Å². The first kappa shape index (κ1) is 16.7. The molecule has 1 unspecified atom stereocenters. The van der Waals surface area contributed by atoms with Gasteiger partial charge in [0, 0.05) is 10.8 Å².